The normalized spacial score (nSPS) is 13.8. The molecule has 1 saturated heterocycles. The third-order valence-electron chi connectivity index (χ3n) is 3.88. The zero-order valence-electron chi connectivity index (χ0n) is 12.7. The molecule has 1 aliphatic heterocycles. The first kappa shape index (κ1) is 15.4. The third kappa shape index (κ3) is 3.30. The molecule has 0 amide bonds. The van der Waals surface area contributed by atoms with Crippen LogP contribution in [0.1, 0.15) is 24.0 Å². The van der Waals surface area contributed by atoms with Crippen LogP contribution in [-0.4, -0.2) is 31.0 Å². The van der Waals surface area contributed by atoms with Gasteiger partial charge < -0.3 is 14.7 Å². The molecule has 23 heavy (non-hydrogen) atoms. The smallest absolute Gasteiger partial charge is 0.221 e. The number of aliphatic hydroxyl groups is 1. The number of benzene rings is 1. The van der Waals surface area contributed by atoms with E-state index in [-0.39, 0.29) is 6.61 Å². The molecule has 0 atom stereocenters. The lowest BCUT2D eigenvalue weighted by molar-refractivity contribution is 0.282. The van der Waals surface area contributed by atoms with E-state index in [9.17, 15) is 10.4 Å². The molecule has 1 N–H and O–H groups in total. The van der Waals surface area contributed by atoms with Gasteiger partial charge in [-0.1, -0.05) is 11.5 Å². The summed E-state index contributed by atoms with van der Waals surface area (Å²) in [7, 11) is 5.76. The number of anilines is 1. The zero-order chi connectivity index (χ0) is 16.2. The van der Waals surface area contributed by atoms with Gasteiger partial charge in [-0.05, 0) is 36.6 Å². The number of hydrogen-bond donors (Lipinski definition) is 1. The Kier molecular flexibility index (Phi) is 4.49. The molecular weight excluding hydrogens is 289 g/mol. The van der Waals surface area contributed by atoms with Crippen molar-refractivity contribution < 1.29 is 9.84 Å². The molecule has 3 rings (SSSR count). The Bertz CT molecular complexity index is 752. The minimum atomic E-state index is -0.150. The molecule has 1 aromatic carbocycles. The molecule has 2 radical (unpaired) electrons. The fraction of sp³-hybridized carbons (Fsp3) is 0.294. The topological polar surface area (TPSA) is 69.4 Å². The fourth-order valence-corrected chi connectivity index (χ4v) is 2.65. The first-order chi connectivity index (χ1) is 11.2. The van der Waals surface area contributed by atoms with Crippen LogP contribution >= 0.6 is 0 Å². The molecule has 2 heterocycles. The van der Waals surface area contributed by atoms with E-state index in [0.29, 0.717) is 34.0 Å². The van der Waals surface area contributed by atoms with E-state index < -0.39 is 0 Å². The van der Waals surface area contributed by atoms with Crippen LogP contribution in [0.5, 0.6) is 11.6 Å². The van der Waals surface area contributed by atoms with Crippen LogP contribution in [0.25, 0.3) is 0 Å². The van der Waals surface area contributed by atoms with Crippen molar-refractivity contribution in [2.75, 3.05) is 18.0 Å². The molecule has 1 aromatic heterocycles. The summed E-state index contributed by atoms with van der Waals surface area (Å²) in [6, 6.07) is 10.7. The highest BCUT2D eigenvalue weighted by Gasteiger charge is 2.18. The van der Waals surface area contributed by atoms with Crippen LogP contribution in [0, 0.1) is 11.3 Å². The summed E-state index contributed by atoms with van der Waals surface area (Å²) in [5.74, 6) is 1.63. The summed E-state index contributed by atoms with van der Waals surface area (Å²) in [5.41, 5.74) is 1.67. The van der Waals surface area contributed by atoms with Crippen molar-refractivity contribution in [3.8, 4) is 17.7 Å². The molecule has 5 nitrogen and oxygen atoms in total. The highest BCUT2D eigenvalue weighted by atomic mass is 16.5. The second-order valence-electron chi connectivity index (χ2n) is 5.45. The predicted molar refractivity (Wildman–Crippen MR) is 88.2 cm³/mol. The van der Waals surface area contributed by atoms with Gasteiger partial charge in [-0.2, -0.15) is 10.2 Å². The maximum atomic E-state index is 9.27. The van der Waals surface area contributed by atoms with E-state index in [4.69, 9.17) is 12.6 Å². The van der Waals surface area contributed by atoms with Crippen LogP contribution in [0.15, 0.2) is 30.3 Å². The minimum Gasteiger partial charge on any atom is -0.439 e. The number of aromatic nitrogens is 1. The molecule has 0 bridgehead atoms. The SMILES string of the molecule is [B]c1ccc(Oc2ccc(C#N)c(N3CCCC3)n2)cc1CO. The Morgan fingerprint density at radius 1 is 1.26 bits per heavy atom. The Hall–Kier alpha value is -2.52. The second kappa shape index (κ2) is 6.72. The van der Waals surface area contributed by atoms with Crippen molar-refractivity contribution in [2.45, 2.75) is 19.4 Å². The van der Waals surface area contributed by atoms with Gasteiger partial charge in [0.1, 0.15) is 19.7 Å². The Balaban J connectivity index is 1.88. The molecule has 1 fully saturated rings. The average molecular weight is 305 g/mol. The van der Waals surface area contributed by atoms with E-state index in [2.05, 4.69) is 16.0 Å². The number of nitriles is 1. The largest absolute Gasteiger partial charge is 0.439 e. The first-order valence-corrected chi connectivity index (χ1v) is 7.54. The summed E-state index contributed by atoms with van der Waals surface area (Å²) >= 11 is 0. The maximum absolute atomic E-state index is 9.27. The van der Waals surface area contributed by atoms with Gasteiger partial charge in [0.25, 0.3) is 0 Å². The Labute approximate surface area is 136 Å². The molecule has 1 aliphatic rings. The van der Waals surface area contributed by atoms with E-state index in [1.165, 1.54) is 0 Å². The van der Waals surface area contributed by atoms with Crippen molar-refractivity contribution in [1.82, 2.24) is 4.98 Å². The summed E-state index contributed by atoms with van der Waals surface area (Å²) in [4.78, 5) is 6.59. The van der Waals surface area contributed by atoms with Crippen molar-refractivity contribution in [2.24, 2.45) is 0 Å². The monoisotopic (exact) mass is 305 g/mol. The maximum Gasteiger partial charge on any atom is 0.221 e. The quantitative estimate of drug-likeness (QED) is 0.870. The number of aliphatic hydroxyl groups excluding tert-OH is 1. The molecule has 0 aliphatic carbocycles. The second-order valence-corrected chi connectivity index (χ2v) is 5.45. The Morgan fingerprint density at radius 3 is 2.74 bits per heavy atom. The van der Waals surface area contributed by atoms with Crippen molar-refractivity contribution >= 4 is 19.1 Å². The van der Waals surface area contributed by atoms with Crippen LogP contribution in [0.4, 0.5) is 5.82 Å². The number of hydrogen-bond acceptors (Lipinski definition) is 5. The molecule has 0 unspecified atom stereocenters. The molecule has 114 valence electrons. The van der Waals surface area contributed by atoms with Crippen molar-refractivity contribution in [3.05, 3.63) is 41.5 Å². The Morgan fingerprint density at radius 2 is 2.04 bits per heavy atom. The highest BCUT2D eigenvalue weighted by Crippen LogP contribution is 2.27. The third-order valence-corrected chi connectivity index (χ3v) is 3.88. The van der Waals surface area contributed by atoms with Gasteiger partial charge >= 0.3 is 0 Å². The zero-order valence-corrected chi connectivity index (χ0v) is 12.7. The molecule has 0 spiro atoms. The lowest BCUT2D eigenvalue weighted by Crippen LogP contribution is -2.20. The van der Waals surface area contributed by atoms with E-state index in [0.717, 1.165) is 25.9 Å². The predicted octanol–water partition coefficient (Wildman–Crippen LogP) is 1.63. The standard InChI is InChI=1S/C17H16BN3O2/c18-15-5-4-14(9-13(15)11-22)23-16-6-3-12(10-19)17(20-16)21-7-1-2-8-21/h3-6,9,22H,1-2,7-8,11H2. The van der Waals surface area contributed by atoms with Crippen LogP contribution in [0.3, 0.4) is 0 Å². The summed E-state index contributed by atoms with van der Waals surface area (Å²) in [6.45, 7) is 1.66. The van der Waals surface area contributed by atoms with E-state index in [1.54, 1.807) is 30.3 Å². The summed E-state index contributed by atoms with van der Waals surface area (Å²) < 4.78 is 5.76. The van der Waals surface area contributed by atoms with Crippen LogP contribution < -0.4 is 15.1 Å². The fourth-order valence-electron chi connectivity index (χ4n) is 2.65. The number of rotatable bonds is 4. The first-order valence-electron chi connectivity index (χ1n) is 7.54. The van der Waals surface area contributed by atoms with Gasteiger partial charge in [-0.25, -0.2) is 0 Å². The van der Waals surface area contributed by atoms with Crippen LogP contribution in [0.2, 0.25) is 0 Å². The number of ether oxygens (including phenoxy) is 1. The molecular formula is C17H16BN3O2. The lowest BCUT2D eigenvalue weighted by Gasteiger charge is -2.18. The molecule has 6 heteroatoms. The van der Waals surface area contributed by atoms with Gasteiger partial charge in [-0.3, -0.25) is 0 Å². The van der Waals surface area contributed by atoms with Gasteiger partial charge in [-0.15, -0.1) is 0 Å². The molecule has 2 aromatic rings. The average Bonchev–Trinajstić information content (AvgIpc) is 3.11. The van der Waals surface area contributed by atoms with Gasteiger partial charge in [0.15, 0.2) is 5.82 Å². The molecule has 0 saturated carbocycles. The lowest BCUT2D eigenvalue weighted by atomic mass is 9.91. The number of nitrogens with zero attached hydrogens (tertiary/aromatic N) is 3. The summed E-state index contributed by atoms with van der Waals surface area (Å²) in [5, 5.41) is 18.5. The minimum absolute atomic E-state index is 0.150. The van der Waals surface area contributed by atoms with E-state index >= 15 is 0 Å². The van der Waals surface area contributed by atoms with Gasteiger partial charge in [0.05, 0.1) is 12.2 Å². The van der Waals surface area contributed by atoms with Crippen molar-refractivity contribution in [3.63, 3.8) is 0 Å². The number of pyridine rings is 1. The van der Waals surface area contributed by atoms with Crippen molar-refractivity contribution in [1.29, 1.82) is 5.26 Å². The highest BCUT2D eigenvalue weighted by molar-refractivity contribution is 6.33. The van der Waals surface area contributed by atoms with Gasteiger partial charge in [0.2, 0.25) is 5.88 Å². The van der Waals surface area contributed by atoms with Crippen LogP contribution in [-0.2, 0) is 6.61 Å². The van der Waals surface area contributed by atoms with Gasteiger partial charge in [0, 0.05) is 19.2 Å². The van der Waals surface area contributed by atoms with E-state index in [1.807, 2.05) is 0 Å². The summed E-state index contributed by atoms with van der Waals surface area (Å²) in [6.07, 6.45) is 2.21.